The summed E-state index contributed by atoms with van der Waals surface area (Å²) in [6.07, 6.45) is 19.0. The summed E-state index contributed by atoms with van der Waals surface area (Å²) in [5.41, 5.74) is 0. The average Bonchev–Trinajstić information content (AvgIpc) is 3.46. The number of aliphatic hydroxyl groups excluding tert-OH is 11. The number of amides is 1. The monoisotopic (exact) mass is 1170 g/mol. The molecule has 1 amide bonds. The number of hydrogen-bond acceptors (Lipinski definition) is 18. The van der Waals surface area contributed by atoms with Gasteiger partial charge in [0.15, 0.2) is 18.9 Å². The van der Waals surface area contributed by atoms with Gasteiger partial charge in [0.25, 0.3) is 0 Å². The first-order valence-corrected chi connectivity index (χ1v) is 32.8. The van der Waals surface area contributed by atoms with Crippen LogP contribution in [-0.4, -0.2) is 193 Å². The van der Waals surface area contributed by atoms with Crippen molar-refractivity contribution in [2.75, 3.05) is 26.4 Å². The molecule has 3 fully saturated rings. The van der Waals surface area contributed by atoms with Gasteiger partial charge >= 0.3 is 0 Å². The van der Waals surface area contributed by atoms with E-state index in [1.807, 2.05) is 0 Å². The average molecular weight is 1170 g/mol. The molecule has 19 heteroatoms. The lowest BCUT2D eigenvalue weighted by molar-refractivity contribution is -0.379. The summed E-state index contributed by atoms with van der Waals surface area (Å²) in [6.45, 7) is 1.82. The van der Waals surface area contributed by atoms with Crippen LogP contribution < -0.4 is 5.32 Å². The van der Waals surface area contributed by atoms with Crippen LogP contribution in [0.4, 0.5) is 0 Å². The van der Waals surface area contributed by atoms with E-state index in [9.17, 15) is 61.0 Å². The zero-order valence-electron chi connectivity index (χ0n) is 50.3. The van der Waals surface area contributed by atoms with Crippen molar-refractivity contribution in [1.29, 1.82) is 0 Å². The second kappa shape index (κ2) is 46.0. The molecular weight excluding hydrogens is 1050 g/mol. The van der Waals surface area contributed by atoms with Gasteiger partial charge in [0.05, 0.1) is 38.6 Å². The fourth-order valence-corrected chi connectivity index (χ4v) is 11.6. The summed E-state index contributed by atoms with van der Waals surface area (Å²) in [5.74, 6) is -0.238. The molecule has 0 aromatic carbocycles. The first-order valence-electron chi connectivity index (χ1n) is 32.8. The summed E-state index contributed by atoms with van der Waals surface area (Å²) >= 11 is 0. The number of nitrogens with one attached hydrogen (secondary N) is 1. The van der Waals surface area contributed by atoms with Crippen LogP contribution in [0, 0.1) is 0 Å². The van der Waals surface area contributed by atoms with Crippen molar-refractivity contribution >= 4 is 5.91 Å². The molecule has 0 bridgehead atoms. The Balaban J connectivity index is 1.45. The molecule has 480 valence electrons. The van der Waals surface area contributed by atoms with E-state index in [2.05, 4.69) is 19.2 Å². The summed E-state index contributed by atoms with van der Waals surface area (Å²) in [6, 6.07) is -0.880. The Morgan fingerprint density at radius 3 is 1.07 bits per heavy atom. The Bertz CT molecular complexity index is 1490. The summed E-state index contributed by atoms with van der Waals surface area (Å²) in [4.78, 5) is 13.4. The number of hydrogen-bond donors (Lipinski definition) is 12. The molecule has 0 radical (unpaired) electrons. The Morgan fingerprint density at radius 1 is 0.395 bits per heavy atom. The second-order valence-corrected chi connectivity index (χ2v) is 23.9. The molecule has 0 aromatic rings. The van der Waals surface area contributed by atoms with Crippen LogP contribution in [0.2, 0.25) is 0 Å². The normalized spacial score (nSPS) is 29.7. The quantitative estimate of drug-likeness (QED) is 0.0269. The molecule has 17 atom stereocenters. The van der Waals surface area contributed by atoms with E-state index in [0.717, 1.165) is 44.9 Å². The Labute approximate surface area is 487 Å². The minimum atomic E-state index is -1.97. The van der Waals surface area contributed by atoms with E-state index < -0.39 is 124 Å². The fraction of sp³-hybridized carbons (Fsp3) is 0.984. The highest BCUT2D eigenvalue weighted by Gasteiger charge is 2.53. The number of aliphatic hydroxyl groups is 11. The molecule has 0 aromatic heterocycles. The summed E-state index contributed by atoms with van der Waals surface area (Å²) in [5, 5.41) is 120. The van der Waals surface area contributed by atoms with Crippen molar-refractivity contribution in [3.8, 4) is 0 Å². The first-order chi connectivity index (χ1) is 39.3. The first kappa shape index (κ1) is 74.0. The van der Waals surface area contributed by atoms with Crippen LogP contribution in [0.5, 0.6) is 0 Å². The van der Waals surface area contributed by atoms with Gasteiger partial charge < -0.3 is 89.9 Å². The number of carbonyl (C=O) groups is 1. The molecule has 3 saturated heterocycles. The van der Waals surface area contributed by atoms with Crippen LogP contribution in [-0.2, 0) is 33.2 Å². The van der Waals surface area contributed by atoms with Gasteiger partial charge in [-0.05, 0) is 12.8 Å². The SMILES string of the molecule is CCCCCCCCCCCCCCCCCCCCCCCCC(O)C(COC1OC(CO)C(OC2OC(CO)C(OC3OC(CO)C(O)C(O)C3O)C(O)C2O)C(O)C1O)NC(=O)CCCCCCCCCCCCCCCC. The highest BCUT2D eigenvalue weighted by atomic mass is 16.8. The highest BCUT2D eigenvalue weighted by Crippen LogP contribution is 2.33. The third-order valence-electron chi connectivity index (χ3n) is 16.9. The molecule has 0 saturated carbocycles. The molecule has 19 nitrogen and oxygen atoms in total. The van der Waals surface area contributed by atoms with E-state index in [0.29, 0.717) is 12.8 Å². The Hall–Kier alpha value is -1.21. The number of ether oxygens (including phenoxy) is 6. The lowest BCUT2D eigenvalue weighted by atomic mass is 9.96. The van der Waals surface area contributed by atoms with Gasteiger partial charge in [-0.1, -0.05) is 239 Å². The van der Waals surface area contributed by atoms with Crippen molar-refractivity contribution in [1.82, 2.24) is 5.32 Å². The van der Waals surface area contributed by atoms with Gasteiger partial charge in [0.1, 0.15) is 73.2 Å². The van der Waals surface area contributed by atoms with Crippen LogP contribution in [0.15, 0.2) is 0 Å². The number of unbranched alkanes of at least 4 members (excludes halogenated alkanes) is 34. The van der Waals surface area contributed by atoms with Gasteiger partial charge in [-0.2, -0.15) is 0 Å². The topological polar surface area (TPSA) is 307 Å². The van der Waals surface area contributed by atoms with E-state index in [-0.39, 0.29) is 18.9 Å². The van der Waals surface area contributed by atoms with E-state index in [1.54, 1.807) is 0 Å². The van der Waals surface area contributed by atoms with Gasteiger partial charge in [0, 0.05) is 6.42 Å². The summed E-state index contributed by atoms with van der Waals surface area (Å²) < 4.78 is 34.4. The third kappa shape index (κ3) is 29.4. The maximum Gasteiger partial charge on any atom is 0.220 e. The van der Waals surface area contributed by atoms with Crippen molar-refractivity contribution in [3.63, 3.8) is 0 Å². The van der Waals surface area contributed by atoms with Crippen molar-refractivity contribution < 1.29 is 89.4 Å². The maximum absolute atomic E-state index is 13.4. The molecule has 12 N–H and O–H groups in total. The molecule has 81 heavy (non-hydrogen) atoms. The van der Waals surface area contributed by atoms with Gasteiger partial charge in [-0.25, -0.2) is 0 Å². The Kier molecular flexibility index (Phi) is 42.1. The molecular formula is C62H119NO18. The lowest BCUT2D eigenvalue weighted by Gasteiger charge is -2.48. The van der Waals surface area contributed by atoms with Gasteiger partial charge in [0.2, 0.25) is 5.91 Å². The standard InChI is InChI=1S/C62H119NO18/c1-3-5-7-9-11-13-15-17-19-20-21-22-23-24-25-26-27-29-31-33-35-37-39-46(67)45(63-50(68)40-38-36-34-32-30-28-18-16-14-12-10-8-6-4-2)44-76-60-56(74)53(71)58(48(42-65)78-60)81-62-57(75)54(72)59(49(43-66)79-62)80-61-55(73)52(70)51(69)47(41-64)77-61/h45-49,51-62,64-67,69-75H,3-44H2,1-2H3,(H,63,68). The lowest BCUT2D eigenvalue weighted by Crippen LogP contribution is -2.66. The zero-order valence-corrected chi connectivity index (χ0v) is 50.3. The minimum Gasteiger partial charge on any atom is -0.394 e. The molecule has 3 rings (SSSR count). The highest BCUT2D eigenvalue weighted by molar-refractivity contribution is 5.76. The largest absolute Gasteiger partial charge is 0.394 e. The predicted molar refractivity (Wildman–Crippen MR) is 310 cm³/mol. The fourth-order valence-electron chi connectivity index (χ4n) is 11.6. The van der Waals surface area contributed by atoms with Crippen LogP contribution in [0.25, 0.3) is 0 Å². The minimum absolute atomic E-state index is 0.238. The predicted octanol–water partition coefficient (Wildman–Crippen LogP) is 7.16. The number of carbonyl (C=O) groups excluding carboxylic acids is 1. The van der Waals surface area contributed by atoms with Crippen molar-refractivity contribution in [2.24, 2.45) is 0 Å². The van der Waals surface area contributed by atoms with Gasteiger partial charge in [-0.3, -0.25) is 4.79 Å². The van der Waals surface area contributed by atoms with Gasteiger partial charge in [-0.15, -0.1) is 0 Å². The van der Waals surface area contributed by atoms with E-state index >= 15 is 0 Å². The molecule has 3 aliphatic heterocycles. The molecule has 3 aliphatic rings. The zero-order chi connectivity index (χ0) is 59.0. The Morgan fingerprint density at radius 2 is 0.704 bits per heavy atom. The van der Waals surface area contributed by atoms with Crippen LogP contribution in [0.3, 0.4) is 0 Å². The van der Waals surface area contributed by atoms with E-state index in [4.69, 9.17) is 28.4 Å². The van der Waals surface area contributed by atoms with Crippen LogP contribution in [0.1, 0.15) is 258 Å². The third-order valence-corrected chi connectivity index (χ3v) is 16.9. The van der Waals surface area contributed by atoms with E-state index in [1.165, 1.54) is 180 Å². The molecule has 0 aliphatic carbocycles. The summed E-state index contributed by atoms with van der Waals surface area (Å²) in [7, 11) is 0. The molecule has 3 heterocycles. The maximum atomic E-state index is 13.4. The number of rotatable bonds is 50. The smallest absolute Gasteiger partial charge is 0.220 e. The second-order valence-electron chi connectivity index (χ2n) is 23.9. The molecule has 0 spiro atoms. The van der Waals surface area contributed by atoms with Crippen molar-refractivity contribution in [3.05, 3.63) is 0 Å². The van der Waals surface area contributed by atoms with Crippen molar-refractivity contribution in [2.45, 2.75) is 362 Å². The molecule has 17 unspecified atom stereocenters. The van der Waals surface area contributed by atoms with Crippen LogP contribution >= 0.6 is 0 Å².